The Kier molecular flexibility index (Phi) is 7.71. The van der Waals surface area contributed by atoms with Gasteiger partial charge in [0.15, 0.2) is 11.0 Å². The van der Waals surface area contributed by atoms with Crippen LogP contribution >= 0.6 is 11.8 Å². The van der Waals surface area contributed by atoms with E-state index in [2.05, 4.69) is 40.5 Å². The van der Waals surface area contributed by atoms with Crippen molar-refractivity contribution in [1.82, 2.24) is 30.2 Å². The van der Waals surface area contributed by atoms with Gasteiger partial charge in [-0.25, -0.2) is 29.1 Å². The number of aliphatic imine (C=N–C) groups is 1. The molecule has 15 heteroatoms. The van der Waals surface area contributed by atoms with Crippen molar-refractivity contribution in [3.8, 4) is 5.88 Å². The van der Waals surface area contributed by atoms with Gasteiger partial charge < -0.3 is 19.7 Å². The smallest absolute Gasteiger partial charge is 0.413 e. The molecule has 13 nitrogen and oxygen atoms in total. The summed E-state index contributed by atoms with van der Waals surface area (Å²) in [5.41, 5.74) is 0.571. The number of nitrogens with one attached hydrogen (secondary N) is 2. The summed E-state index contributed by atoms with van der Waals surface area (Å²) in [5.74, 6) is -0.403. The first-order valence-corrected chi connectivity index (χ1v) is 13.5. The molecule has 0 aromatic carbocycles. The molecule has 0 bridgehead atoms. The van der Waals surface area contributed by atoms with E-state index in [1.807, 2.05) is 4.90 Å². The number of thioether (sulfide) groups is 1. The molecule has 0 aliphatic carbocycles. The van der Waals surface area contributed by atoms with Crippen molar-refractivity contribution in [2.24, 2.45) is 10.9 Å². The predicted molar refractivity (Wildman–Crippen MR) is 149 cm³/mol. The zero-order valence-corrected chi connectivity index (χ0v) is 23.6. The number of hydrogen-bond donors (Lipinski definition) is 2. The van der Waals surface area contributed by atoms with Crippen LogP contribution in [0.15, 0.2) is 48.1 Å². The first-order valence-electron chi connectivity index (χ1n) is 12.6. The van der Waals surface area contributed by atoms with Crippen LogP contribution in [0.25, 0.3) is 0 Å². The van der Waals surface area contributed by atoms with Crippen molar-refractivity contribution in [2.45, 2.75) is 31.1 Å². The Morgan fingerprint density at radius 3 is 2.56 bits per heavy atom. The summed E-state index contributed by atoms with van der Waals surface area (Å²) in [5, 5.41) is 5.97. The lowest BCUT2D eigenvalue weighted by molar-refractivity contribution is 0.0564. The van der Waals surface area contributed by atoms with Gasteiger partial charge in [-0.05, 0) is 32.9 Å². The number of fused-ring (bicyclic) bond motifs is 1. The van der Waals surface area contributed by atoms with Crippen LogP contribution in [0, 0.1) is 11.7 Å². The van der Waals surface area contributed by atoms with E-state index in [1.54, 1.807) is 39.1 Å². The topological polar surface area (TPSA) is 157 Å². The number of carbonyl (C=O) groups is 2. The minimum Gasteiger partial charge on any atom is -0.480 e. The molecule has 2 atom stereocenters. The van der Waals surface area contributed by atoms with Gasteiger partial charge in [-0.15, -0.1) is 0 Å². The zero-order chi connectivity index (χ0) is 29.2. The van der Waals surface area contributed by atoms with Crippen LogP contribution in [0.2, 0.25) is 0 Å². The number of alkyl carbamates (subject to hydrolysis) is 1. The number of amidine groups is 1. The van der Waals surface area contributed by atoms with E-state index in [4.69, 9.17) is 9.47 Å². The maximum absolute atomic E-state index is 13.5. The average Bonchev–Trinajstić information content (AvgIpc) is 3.33. The first-order chi connectivity index (χ1) is 19.5. The number of hydrogen-bond acceptors (Lipinski definition) is 12. The number of pyridine rings is 1. The number of rotatable bonds is 5. The van der Waals surface area contributed by atoms with E-state index in [0.717, 1.165) is 12.4 Å². The van der Waals surface area contributed by atoms with Gasteiger partial charge in [0, 0.05) is 37.4 Å². The second-order valence-corrected chi connectivity index (χ2v) is 11.7. The highest BCUT2D eigenvalue weighted by Gasteiger charge is 2.53. The van der Waals surface area contributed by atoms with Crippen LogP contribution in [0.5, 0.6) is 5.88 Å². The number of carbonyl (C=O) groups excluding carboxylic acids is 2. The maximum atomic E-state index is 13.5. The molecule has 3 aromatic heterocycles. The molecule has 0 spiro atoms. The van der Waals surface area contributed by atoms with E-state index in [1.165, 1.54) is 31.3 Å². The number of aromatic nitrogens is 5. The number of ether oxygens (including phenoxy) is 2. The van der Waals surface area contributed by atoms with Crippen molar-refractivity contribution in [3.05, 3.63) is 60.3 Å². The Morgan fingerprint density at radius 2 is 1.88 bits per heavy atom. The van der Waals surface area contributed by atoms with E-state index >= 15 is 0 Å². The Balaban J connectivity index is 1.43. The molecule has 2 aliphatic rings. The molecule has 1 fully saturated rings. The van der Waals surface area contributed by atoms with Crippen molar-refractivity contribution in [2.75, 3.05) is 37.0 Å². The molecule has 1 saturated heterocycles. The Morgan fingerprint density at radius 1 is 1.10 bits per heavy atom. The fourth-order valence-electron chi connectivity index (χ4n) is 4.50. The summed E-state index contributed by atoms with van der Waals surface area (Å²) in [6.45, 7) is 6.60. The van der Waals surface area contributed by atoms with Crippen molar-refractivity contribution in [1.29, 1.82) is 0 Å². The molecular weight excluding hydrogens is 553 g/mol. The van der Waals surface area contributed by atoms with Gasteiger partial charge in [0.25, 0.3) is 5.91 Å². The zero-order valence-electron chi connectivity index (χ0n) is 22.8. The van der Waals surface area contributed by atoms with Crippen LogP contribution in [0.1, 0.15) is 37.0 Å². The summed E-state index contributed by atoms with van der Waals surface area (Å²) in [6, 6.07) is 3.45. The molecule has 0 saturated carbocycles. The molecule has 214 valence electrons. The van der Waals surface area contributed by atoms with Crippen molar-refractivity contribution in [3.63, 3.8) is 0 Å². The summed E-state index contributed by atoms with van der Waals surface area (Å²) in [7, 11) is 1.46. The average molecular weight is 582 g/mol. The molecule has 5 rings (SSSR count). The molecule has 41 heavy (non-hydrogen) atoms. The van der Waals surface area contributed by atoms with Gasteiger partial charge in [0.1, 0.15) is 11.3 Å². The van der Waals surface area contributed by atoms with Crippen LogP contribution < -0.4 is 20.3 Å². The quantitative estimate of drug-likeness (QED) is 0.456. The minimum absolute atomic E-state index is 0.0729. The van der Waals surface area contributed by atoms with Crippen LogP contribution in [-0.4, -0.2) is 74.4 Å². The number of halogens is 1. The number of anilines is 2. The number of amides is 2. The molecule has 2 N–H and O–H groups in total. The minimum atomic E-state index is -0.718. The third-order valence-corrected chi connectivity index (χ3v) is 7.74. The van der Waals surface area contributed by atoms with E-state index in [-0.39, 0.29) is 11.6 Å². The van der Waals surface area contributed by atoms with Crippen LogP contribution in [0.3, 0.4) is 0 Å². The predicted octanol–water partition coefficient (Wildman–Crippen LogP) is 3.02. The first kappa shape index (κ1) is 28.1. The van der Waals surface area contributed by atoms with Gasteiger partial charge in [-0.1, -0.05) is 11.8 Å². The Bertz CT molecular complexity index is 1470. The van der Waals surface area contributed by atoms with Gasteiger partial charge in [-0.3, -0.25) is 20.1 Å². The summed E-state index contributed by atoms with van der Waals surface area (Å²) < 4.78 is 23.2. The van der Waals surface area contributed by atoms with Gasteiger partial charge in [0.05, 0.1) is 42.3 Å². The van der Waals surface area contributed by atoms with E-state index < -0.39 is 28.2 Å². The lowest BCUT2D eigenvalue weighted by Crippen LogP contribution is -2.44. The molecule has 0 radical (unpaired) electrons. The monoisotopic (exact) mass is 581 g/mol. The highest BCUT2D eigenvalue weighted by molar-refractivity contribution is 8.14. The fraction of sp³-hybridized carbons (Fsp3) is 0.385. The third kappa shape index (κ3) is 6.34. The Hall–Kier alpha value is -4.40. The lowest BCUT2D eigenvalue weighted by Gasteiger charge is -2.36. The standard InChI is InChI=1S/C26H28FN9O4S/c1-25(2,3)40-24(38)35-23-33-8-15-13-36(22-31-9-16(27)10-32-22)14-26(15,41-23)19-7-17(5-6-28-19)34-21(37)18-11-30-20(39-4)12-29-18/h5-7,9-12,15H,8,13-14H2,1-4H3,(H,28,34,37)(H,33,35,38)/t15-,26+/m0/s1. The van der Waals surface area contributed by atoms with Gasteiger partial charge in [-0.2, -0.15) is 0 Å². The third-order valence-electron chi connectivity index (χ3n) is 6.28. The normalized spacial score (nSPS) is 20.1. The summed E-state index contributed by atoms with van der Waals surface area (Å²) in [6.07, 6.45) is 5.90. The molecule has 2 amide bonds. The number of nitrogens with zero attached hydrogens (tertiary/aromatic N) is 7. The lowest BCUT2D eigenvalue weighted by atomic mass is 9.90. The molecule has 2 aliphatic heterocycles. The fourth-order valence-corrected chi connectivity index (χ4v) is 5.87. The van der Waals surface area contributed by atoms with Crippen molar-refractivity contribution < 1.29 is 23.5 Å². The molecule has 5 heterocycles. The maximum Gasteiger partial charge on any atom is 0.413 e. The summed E-state index contributed by atoms with van der Waals surface area (Å²) >= 11 is 1.34. The van der Waals surface area contributed by atoms with E-state index in [0.29, 0.717) is 48.0 Å². The Labute approximate surface area is 239 Å². The largest absolute Gasteiger partial charge is 0.480 e. The van der Waals surface area contributed by atoms with E-state index in [9.17, 15) is 14.0 Å². The number of methoxy groups -OCH3 is 1. The SMILES string of the molecule is COc1cnc(C(=O)Nc2ccnc([C@@]34CN(c5ncc(F)cn5)C[C@@H]3CN=C(NC(=O)OC(C)(C)C)S4)c2)cn1. The van der Waals surface area contributed by atoms with Gasteiger partial charge in [0.2, 0.25) is 11.8 Å². The molecule has 0 unspecified atom stereocenters. The van der Waals surface area contributed by atoms with Gasteiger partial charge >= 0.3 is 6.09 Å². The second kappa shape index (κ2) is 11.2. The van der Waals surface area contributed by atoms with Crippen LogP contribution in [-0.2, 0) is 9.48 Å². The highest BCUT2D eigenvalue weighted by atomic mass is 32.2. The second-order valence-electron chi connectivity index (χ2n) is 10.4. The highest BCUT2D eigenvalue weighted by Crippen LogP contribution is 2.51. The molecular formula is C26H28FN9O4S. The van der Waals surface area contributed by atoms with Crippen molar-refractivity contribution >= 4 is 40.6 Å². The summed E-state index contributed by atoms with van der Waals surface area (Å²) in [4.78, 5) is 53.1. The molecule has 3 aromatic rings. The van der Waals surface area contributed by atoms with Crippen LogP contribution in [0.4, 0.5) is 20.8 Å².